The summed E-state index contributed by atoms with van der Waals surface area (Å²) in [5.74, 6) is 0.951. The van der Waals surface area contributed by atoms with Crippen molar-refractivity contribution < 1.29 is 0 Å². The molecule has 0 saturated carbocycles. The molecule has 0 amide bonds. The van der Waals surface area contributed by atoms with Crippen LogP contribution in [0.15, 0.2) is 45.7 Å². The van der Waals surface area contributed by atoms with Crippen molar-refractivity contribution >= 4 is 37.7 Å². The molecule has 0 N–H and O–H groups in total. The van der Waals surface area contributed by atoms with Gasteiger partial charge in [-0.2, -0.15) is 0 Å². The summed E-state index contributed by atoms with van der Waals surface area (Å²) >= 11 is 6.93. The summed E-state index contributed by atoms with van der Waals surface area (Å²) in [6.45, 7) is 0.914. The third-order valence-electron chi connectivity index (χ3n) is 2.64. The lowest BCUT2D eigenvalue weighted by Gasteiger charge is -2.19. The SMILES string of the molecule is CN(CCc1ccncc1)c1ncc(Br)cc1Br. The summed E-state index contributed by atoms with van der Waals surface area (Å²) in [5, 5.41) is 0. The van der Waals surface area contributed by atoms with Crippen molar-refractivity contribution in [2.45, 2.75) is 6.42 Å². The van der Waals surface area contributed by atoms with Gasteiger partial charge in [-0.15, -0.1) is 0 Å². The first-order valence-corrected chi connectivity index (χ1v) is 7.16. The molecule has 0 spiro atoms. The minimum atomic E-state index is 0.914. The minimum absolute atomic E-state index is 0.914. The molecule has 18 heavy (non-hydrogen) atoms. The van der Waals surface area contributed by atoms with Gasteiger partial charge in [0.1, 0.15) is 5.82 Å². The minimum Gasteiger partial charge on any atom is -0.358 e. The summed E-state index contributed by atoms with van der Waals surface area (Å²) in [6.07, 6.45) is 6.43. The molecule has 2 rings (SSSR count). The van der Waals surface area contributed by atoms with Gasteiger partial charge in [0.15, 0.2) is 0 Å². The first-order chi connectivity index (χ1) is 8.66. The van der Waals surface area contributed by atoms with Gasteiger partial charge >= 0.3 is 0 Å². The number of likely N-dealkylation sites (N-methyl/N-ethyl adjacent to an activating group) is 1. The van der Waals surface area contributed by atoms with Crippen molar-refractivity contribution in [2.75, 3.05) is 18.5 Å². The monoisotopic (exact) mass is 369 g/mol. The fourth-order valence-electron chi connectivity index (χ4n) is 1.64. The second-order valence-corrected chi connectivity index (χ2v) is 5.76. The van der Waals surface area contributed by atoms with E-state index >= 15 is 0 Å². The molecule has 0 fully saturated rings. The third-order valence-corrected chi connectivity index (χ3v) is 3.65. The van der Waals surface area contributed by atoms with Crippen LogP contribution in [0.25, 0.3) is 0 Å². The van der Waals surface area contributed by atoms with Gasteiger partial charge in [0.05, 0.1) is 4.47 Å². The molecular weight excluding hydrogens is 358 g/mol. The molecule has 0 radical (unpaired) electrons. The van der Waals surface area contributed by atoms with Crippen molar-refractivity contribution in [3.05, 3.63) is 51.3 Å². The van der Waals surface area contributed by atoms with Crippen LogP contribution in [0.2, 0.25) is 0 Å². The molecule has 3 nitrogen and oxygen atoms in total. The molecule has 5 heteroatoms. The lowest BCUT2D eigenvalue weighted by molar-refractivity contribution is 0.855. The summed E-state index contributed by atoms with van der Waals surface area (Å²) in [4.78, 5) is 10.6. The first kappa shape index (κ1) is 13.5. The number of aromatic nitrogens is 2. The van der Waals surface area contributed by atoms with Crippen LogP contribution in [-0.4, -0.2) is 23.6 Å². The number of anilines is 1. The molecule has 0 unspecified atom stereocenters. The lowest BCUT2D eigenvalue weighted by Crippen LogP contribution is -2.21. The number of nitrogens with zero attached hydrogens (tertiary/aromatic N) is 3. The molecule has 0 aliphatic heterocycles. The Bertz CT molecular complexity index is 517. The summed E-state index contributed by atoms with van der Waals surface area (Å²) in [7, 11) is 2.04. The maximum atomic E-state index is 4.41. The van der Waals surface area contributed by atoms with Gasteiger partial charge in [0.2, 0.25) is 0 Å². The maximum Gasteiger partial charge on any atom is 0.142 e. The molecule has 0 aromatic carbocycles. The Morgan fingerprint density at radius 2 is 1.94 bits per heavy atom. The molecule has 0 saturated heterocycles. The molecule has 0 aliphatic rings. The molecule has 0 bridgehead atoms. The highest BCUT2D eigenvalue weighted by Gasteiger charge is 2.07. The predicted molar refractivity (Wildman–Crippen MR) is 80.8 cm³/mol. The number of halogens is 2. The van der Waals surface area contributed by atoms with Gasteiger partial charge in [0.25, 0.3) is 0 Å². The van der Waals surface area contributed by atoms with E-state index in [0.29, 0.717) is 0 Å². The third kappa shape index (κ3) is 3.53. The topological polar surface area (TPSA) is 29.0 Å². The van der Waals surface area contributed by atoms with E-state index in [1.807, 2.05) is 43.8 Å². The van der Waals surface area contributed by atoms with Crippen molar-refractivity contribution in [1.82, 2.24) is 9.97 Å². The van der Waals surface area contributed by atoms with Gasteiger partial charge in [0, 0.05) is 36.7 Å². The molecule has 2 heterocycles. The summed E-state index contributed by atoms with van der Waals surface area (Å²) in [5.41, 5.74) is 1.28. The molecule has 0 aliphatic carbocycles. The van der Waals surface area contributed by atoms with Crippen LogP contribution in [0.5, 0.6) is 0 Å². The van der Waals surface area contributed by atoms with E-state index in [2.05, 4.69) is 46.7 Å². The Morgan fingerprint density at radius 3 is 2.61 bits per heavy atom. The van der Waals surface area contributed by atoms with E-state index in [-0.39, 0.29) is 0 Å². The smallest absolute Gasteiger partial charge is 0.142 e. The van der Waals surface area contributed by atoms with E-state index < -0.39 is 0 Å². The van der Waals surface area contributed by atoms with Gasteiger partial charge in [-0.3, -0.25) is 4.98 Å². The van der Waals surface area contributed by atoms with Crippen molar-refractivity contribution in [3.8, 4) is 0 Å². The Kier molecular flexibility index (Phi) is 4.72. The molecule has 2 aromatic heterocycles. The number of hydrogen-bond donors (Lipinski definition) is 0. The average Bonchev–Trinajstić information content (AvgIpc) is 2.37. The Morgan fingerprint density at radius 1 is 1.22 bits per heavy atom. The van der Waals surface area contributed by atoms with Gasteiger partial charge < -0.3 is 4.90 Å². The average molecular weight is 371 g/mol. The van der Waals surface area contributed by atoms with E-state index in [4.69, 9.17) is 0 Å². The first-order valence-electron chi connectivity index (χ1n) is 5.58. The second-order valence-electron chi connectivity index (χ2n) is 3.99. The Hall–Kier alpha value is -0.940. The van der Waals surface area contributed by atoms with E-state index in [9.17, 15) is 0 Å². The van der Waals surface area contributed by atoms with E-state index in [1.54, 1.807) is 0 Å². The van der Waals surface area contributed by atoms with Crippen LogP contribution in [0, 0.1) is 0 Å². The van der Waals surface area contributed by atoms with Crippen molar-refractivity contribution in [2.24, 2.45) is 0 Å². The van der Waals surface area contributed by atoms with Crippen molar-refractivity contribution in [1.29, 1.82) is 0 Å². The molecule has 2 aromatic rings. The van der Waals surface area contributed by atoms with E-state index in [0.717, 1.165) is 27.7 Å². The predicted octanol–water partition coefficient (Wildman–Crippen LogP) is 3.68. The Balaban J connectivity index is 2.01. The van der Waals surface area contributed by atoms with Crippen LogP contribution in [0.3, 0.4) is 0 Å². The fraction of sp³-hybridized carbons (Fsp3) is 0.231. The summed E-state index contributed by atoms with van der Waals surface area (Å²) < 4.78 is 1.97. The van der Waals surface area contributed by atoms with Crippen LogP contribution in [0.1, 0.15) is 5.56 Å². The zero-order valence-electron chi connectivity index (χ0n) is 9.98. The van der Waals surface area contributed by atoms with Gasteiger partial charge in [-0.1, -0.05) is 0 Å². The normalized spacial score (nSPS) is 10.4. The fourth-order valence-corrected chi connectivity index (χ4v) is 2.93. The molecule has 0 atom stereocenters. The number of pyridine rings is 2. The number of rotatable bonds is 4. The zero-order chi connectivity index (χ0) is 13.0. The number of hydrogen-bond acceptors (Lipinski definition) is 3. The second kappa shape index (κ2) is 6.29. The Labute approximate surface area is 124 Å². The van der Waals surface area contributed by atoms with Crippen LogP contribution < -0.4 is 4.90 Å². The summed E-state index contributed by atoms with van der Waals surface area (Å²) in [6, 6.07) is 6.08. The van der Waals surface area contributed by atoms with Crippen LogP contribution >= 0.6 is 31.9 Å². The van der Waals surface area contributed by atoms with Gasteiger partial charge in [-0.05, 0) is 62.0 Å². The highest BCUT2D eigenvalue weighted by molar-refractivity contribution is 9.11. The maximum absolute atomic E-state index is 4.41. The quantitative estimate of drug-likeness (QED) is 0.821. The van der Waals surface area contributed by atoms with Crippen LogP contribution in [-0.2, 0) is 6.42 Å². The molecular formula is C13H13Br2N3. The highest BCUT2D eigenvalue weighted by atomic mass is 79.9. The van der Waals surface area contributed by atoms with Gasteiger partial charge in [-0.25, -0.2) is 4.98 Å². The van der Waals surface area contributed by atoms with Crippen molar-refractivity contribution in [3.63, 3.8) is 0 Å². The molecule has 94 valence electrons. The van der Waals surface area contributed by atoms with E-state index in [1.165, 1.54) is 5.56 Å². The highest BCUT2D eigenvalue weighted by Crippen LogP contribution is 2.25. The van der Waals surface area contributed by atoms with Crippen LogP contribution in [0.4, 0.5) is 5.82 Å². The zero-order valence-corrected chi connectivity index (χ0v) is 13.1. The largest absolute Gasteiger partial charge is 0.358 e. The lowest BCUT2D eigenvalue weighted by atomic mass is 10.2. The standard InChI is InChI=1S/C13H13Br2N3/c1-18(7-4-10-2-5-16-6-3-10)13-12(15)8-11(14)9-17-13/h2-3,5-6,8-9H,4,7H2,1H3.